The molecule has 0 spiro atoms. The number of aryl methyl sites for hydroxylation is 1. The standard InChI is InChI=1S/C13H16N2O2/c1-3-17-13(16)14-8-10-4-5-12-11(7-10)6-9(2)15-12/h4-7,15H,3,8H2,1-2H3,(H,14,16). The van der Waals surface area contributed by atoms with Gasteiger partial charge in [-0.1, -0.05) is 6.07 Å². The first-order valence-electron chi connectivity index (χ1n) is 5.68. The number of hydrogen-bond acceptors (Lipinski definition) is 2. The normalized spacial score (nSPS) is 10.5. The number of aromatic amines is 1. The zero-order valence-corrected chi connectivity index (χ0v) is 10.0. The lowest BCUT2D eigenvalue weighted by molar-refractivity contribution is 0.151. The SMILES string of the molecule is CCOC(=O)NCc1ccc2[nH]c(C)cc2c1. The predicted octanol–water partition coefficient (Wildman–Crippen LogP) is 2.72. The molecule has 0 aliphatic carbocycles. The zero-order chi connectivity index (χ0) is 12.3. The van der Waals surface area contributed by atoms with Crippen LogP contribution in [0.1, 0.15) is 18.2 Å². The number of alkyl carbamates (subject to hydrolysis) is 1. The third-order valence-corrected chi connectivity index (χ3v) is 2.53. The summed E-state index contributed by atoms with van der Waals surface area (Å²) >= 11 is 0. The van der Waals surface area contributed by atoms with Gasteiger partial charge in [-0.3, -0.25) is 0 Å². The molecule has 0 fully saturated rings. The Kier molecular flexibility index (Phi) is 3.32. The van der Waals surface area contributed by atoms with Crippen LogP contribution in [-0.2, 0) is 11.3 Å². The minimum atomic E-state index is -0.377. The van der Waals surface area contributed by atoms with Gasteiger partial charge in [0.05, 0.1) is 6.61 Å². The summed E-state index contributed by atoms with van der Waals surface area (Å²) in [5.74, 6) is 0. The molecular weight excluding hydrogens is 216 g/mol. The molecule has 90 valence electrons. The van der Waals surface area contributed by atoms with E-state index in [9.17, 15) is 4.79 Å². The van der Waals surface area contributed by atoms with Gasteiger partial charge in [-0.25, -0.2) is 4.79 Å². The summed E-state index contributed by atoms with van der Waals surface area (Å²) < 4.78 is 4.80. The smallest absolute Gasteiger partial charge is 0.407 e. The molecule has 4 heteroatoms. The van der Waals surface area contributed by atoms with Crippen molar-refractivity contribution in [3.8, 4) is 0 Å². The van der Waals surface area contributed by atoms with Crippen LogP contribution in [0.25, 0.3) is 10.9 Å². The van der Waals surface area contributed by atoms with Crippen molar-refractivity contribution >= 4 is 17.0 Å². The minimum absolute atomic E-state index is 0.377. The van der Waals surface area contributed by atoms with Crippen molar-refractivity contribution in [1.29, 1.82) is 0 Å². The van der Waals surface area contributed by atoms with Crippen LogP contribution in [0.2, 0.25) is 0 Å². The van der Waals surface area contributed by atoms with Crippen molar-refractivity contribution < 1.29 is 9.53 Å². The number of fused-ring (bicyclic) bond motifs is 1. The minimum Gasteiger partial charge on any atom is -0.450 e. The number of nitrogens with one attached hydrogen (secondary N) is 2. The fourth-order valence-corrected chi connectivity index (χ4v) is 1.79. The summed E-state index contributed by atoms with van der Waals surface area (Å²) in [6.07, 6.45) is -0.377. The van der Waals surface area contributed by atoms with E-state index in [1.807, 2.05) is 19.1 Å². The Balaban J connectivity index is 2.06. The van der Waals surface area contributed by atoms with Crippen LogP contribution >= 0.6 is 0 Å². The second-order valence-electron chi connectivity index (χ2n) is 3.95. The topological polar surface area (TPSA) is 54.1 Å². The molecule has 1 aromatic carbocycles. The fourth-order valence-electron chi connectivity index (χ4n) is 1.79. The maximum absolute atomic E-state index is 11.1. The molecule has 0 bridgehead atoms. The number of ether oxygens (including phenoxy) is 1. The summed E-state index contributed by atoms with van der Waals surface area (Å²) in [5.41, 5.74) is 3.31. The van der Waals surface area contributed by atoms with E-state index in [0.29, 0.717) is 13.2 Å². The van der Waals surface area contributed by atoms with Crippen molar-refractivity contribution in [2.45, 2.75) is 20.4 Å². The van der Waals surface area contributed by atoms with Gasteiger partial charge in [0.1, 0.15) is 0 Å². The van der Waals surface area contributed by atoms with Crippen LogP contribution in [0.5, 0.6) is 0 Å². The first kappa shape index (κ1) is 11.5. The molecule has 0 saturated carbocycles. The van der Waals surface area contributed by atoms with Crippen molar-refractivity contribution in [3.05, 3.63) is 35.5 Å². The van der Waals surface area contributed by atoms with Gasteiger partial charge in [0, 0.05) is 17.8 Å². The van der Waals surface area contributed by atoms with Crippen molar-refractivity contribution in [1.82, 2.24) is 10.3 Å². The van der Waals surface area contributed by atoms with E-state index in [2.05, 4.69) is 22.4 Å². The Hall–Kier alpha value is -1.97. The Bertz CT molecular complexity index is 531. The Labute approximate surface area is 100.0 Å². The quantitative estimate of drug-likeness (QED) is 0.854. The lowest BCUT2D eigenvalue weighted by Gasteiger charge is -2.05. The van der Waals surface area contributed by atoms with Crippen LogP contribution in [0, 0.1) is 6.92 Å². The number of benzene rings is 1. The van der Waals surface area contributed by atoms with Crippen molar-refractivity contribution in [2.24, 2.45) is 0 Å². The average molecular weight is 232 g/mol. The molecule has 2 N–H and O–H groups in total. The van der Waals surface area contributed by atoms with E-state index in [-0.39, 0.29) is 6.09 Å². The van der Waals surface area contributed by atoms with E-state index in [1.54, 1.807) is 6.92 Å². The number of carbonyl (C=O) groups excluding carboxylic acids is 1. The van der Waals surface area contributed by atoms with Gasteiger partial charge in [-0.2, -0.15) is 0 Å². The summed E-state index contributed by atoms with van der Waals surface area (Å²) in [7, 11) is 0. The number of aromatic nitrogens is 1. The summed E-state index contributed by atoms with van der Waals surface area (Å²) in [6, 6.07) is 8.16. The van der Waals surface area contributed by atoms with E-state index < -0.39 is 0 Å². The number of amides is 1. The van der Waals surface area contributed by atoms with Gasteiger partial charge in [-0.15, -0.1) is 0 Å². The van der Waals surface area contributed by atoms with Gasteiger partial charge in [0.25, 0.3) is 0 Å². The van der Waals surface area contributed by atoms with E-state index >= 15 is 0 Å². The molecule has 0 aliphatic heterocycles. The van der Waals surface area contributed by atoms with Crippen LogP contribution < -0.4 is 5.32 Å². The highest BCUT2D eigenvalue weighted by Gasteiger charge is 2.02. The molecule has 2 rings (SSSR count). The molecule has 4 nitrogen and oxygen atoms in total. The monoisotopic (exact) mass is 232 g/mol. The molecule has 0 radical (unpaired) electrons. The highest BCUT2D eigenvalue weighted by atomic mass is 16.5. The molecule has 0 unspecified atom stereocenters. The molecule has 0 saturated heterocycles. The Morgan fingerprint density at radius 2 is 2.24 bits per heavy atom. The first-order chi connectivity index (χ1) is 8.19. The maximum atomic E-state index is 11.1. The largest absolute Gasteiger partial charge is 0.450 e. The molecule has 1 heterocycles. The molecule has 17 heavy (non-hydrogen) atoms. The van der Waals surface area contributed by atoms with Crippen LogP contribution in [0.3, 0.4) is 0 Å². The lowest BCUT2D eigenvalue weighted by atomic mass is 10.1. The summed E-state index contributed by atoms with van der Waals surface area (Å²) in [5, 5.41) is 3.86. The number of H-pyrrole nitrogens is 1. The molecule has 1 amide bonds. The van der Waals surface area contributed by atoms with Crippen molar-refractivity contribution in [3.63, 3.8) is 0 Å². The number of rotatable bonds is 3. The summed E-state index contributed by atoms with van der Waals surface area (Å²) in [6.45, 7) is 4.69. The number of hydrogen-bond donors (Lipinski definition) is 2. The first-order valence-corrected chi connectivity index (χ1v) is 5.68. The van der Waals surface area contributed by atoms with E-state index in [0.717, 1.165) is 22.2 Å². The van der Waals surface area contributed by atoms with Crippen molar-refractivity contribution in [2.75, 3.05) is 6.61 Å². The molecule has 0 aliphatic rings. The molecule has 0 atom stereocenters. The van der Waals surface area contributed by atoms with Crippen LogP contribution in [-0.4, -0.2) is 17.7 Å². The third kappa shape index (κ3) is 2.78. The molecule has 2 aromatic rings. The van der Waals surface area contributed by atoms with Gasteiger partial charge >= 0.3 is 6.09 Å². The maximum Gasteiger partial charge on any atom is 0.407 e. The third-order valence-electron chi connectivity index (χ3n) is 2.53. The van der Waals surface area contributed by atoms with Gasteiger partial charge in [0.2, 0.25) is 0 Å². The second kappa shape index (κ2) is 4.91. The Morgan fingerprint density at radius 3 is 3.00 bits per heavy atom. The summed E-state index contributed by atoms with van der Waals surface area (Å²) in [4.78, 5) is 14.4. The highest BCUT2D eigenvalue weighted by molar-refractivity contribution is 5.81. The molecule has 1 aromatic heterocycles. The Morgan fingerprint density at radius 1 is 1.41 bits per heavy atom. The molecular formula is C13H16N2O2. The lowest BCUT2D eigenvalue weighted by Crippen LogP contribution is -2.23. The van der Waals surface area contributed by atoms with Gasteiger partial charge < -0.3 is 15.0 Å². The van der Waals surface area contributed by atoms with E-state index in [4.69, 9.17) is 4.74 Å². The van der Waals surface area contributed by atoms with E-state index in [1.165, 1.54) is 0 Å². The van der Waals surface area contributed by atoms with Crippen LogP contribution in [0.4, 0.5) is 4.79 Å². The van der Waals surface area contributed by atoms with Gasteiger partial charge in [0.15, 0.2) is 0 Å². The van der Waals surface area contributed by atoms with Gasteiger partial charge in [-0.05, 0) is 43.0 Å². The average Bonchev–Trinajstić information content (AvgIpc) is 2.66. The highest BCUT2D eigenvalue weighted by Crippen LogP contribution is 2.16. The number of carbonyl (C=O) groups is 1. The van der Waals surface area contributed by atoms with Crippen LogP contribution in [0.15, 0.2) is 24.3 Å². The zero-order valence-electron chi connectivity index (χ0n) is 10.0. The second-order valence-corrected chi connectivity index (χ2v) is 3.95. The fraction of sp³-hybridized carbons (Fsp3) is 0.308. The predicted molar refractivity (Wildman–Crippen MR) is 66.9 cm³/mol.